The largest absolute Gasteiger partial charge is 0.381 e. The summed E-state index contributed by atoms with van der Waals surface area (Å²) < 4.78 is 0.512. The highest BCUT2D eigenvalue weighted by atomic mass is 79.9. The van der Waals surface area contributed by atoms with E-state index in [1.165, 1.54) is 0 Å². The number of aromatic amines is 1. The molecule has 1 aliphatic rings. The normalized spacial score (nSPS) is 18.9. The van der Waals surface area contributed by atoms with Gasteiger partial charge in [-0.1, -0.05) is 13.8 Å². The molecule has 1 fully saturated rings. The molecule has 2 N–H and O–H groups in total. The minimum Gasteiger partial charge on any atom is -0.381 e. The van der Waals surface area contributed by atoms with Gasteiger partial charge in [-0.25, -0.2) is 5.10 Å². The van der Waals surface area contributed by atoms with Gasteiger partial charge in [0.05, 0.1) is 11.9 Å². The number of likely N-dealkylation sites (N-methyl/N-ethyl adjacent to an activating group) is 1. The number of hydrogen-bond donors (Lipinski definition) is 2. The van der Waals surface area contributed by atoms with Gasteiger partial charge in [-0.05, 0) is 28.9 Å². The zero-order valence-corrected chi connectivity index (χ0v) is 14.5. The van der Waals surface area contributed by atoms with Gasteiger partial charge in [-0.15, -0.1) is 0 Å². The Morgan fingerprint density at radius 2 is 2.05 bits per heavy atom. The van der Waals surface area contributed by atoms with Crippen LogP contribution in [0.5, 0.6) is 0 Å². The van der Waals surface area contributed by atoms with Gasteiger partial charge in [0.25, 0.3) is 5.56 Å². The van der Waals surface area contributed by atoms with E-state index in [0.29, 0.717) is 16.4 Å². The average Bonchev–Trinajstić information content (AvgIpc) is 2.45. The van der Waals surface area contributed by atoms with Gasteiger partial charge in [-0.2, -0.15) is 5.10 Å². The predicted molar refractivity (Wildman–Crippen MR) is 88.7 cm³/mol. The number of halogens is 1. The molecule has 1 aliphatic heterocycles. The molecule has 0 aliphatic carbocycles. The molecule has 1 aromatic heterocycles. The fourth-order valence-corrected chi connectivity index (χ4v) is 2.99. The molecule has 0 saturated carbocycles. The van der Waals surface area contributed by atoms with Crippen molar-refractivity contribution >= 4 is 21.6 Å². The first-order valence-corrected chi connectivity index (χ1v) is 8.18. The molecular formula is C14H24BrN5O. The van der Waals surface area contributed by atoms with E-state index in [4.69, 9.17) is 0 Å². The fourth-order valence-electron chi connectivity index (χ4n) is 2.66. The van der Waals surface area contributed by atoms with Gasteiger partial charge in [0.15, 0.2) is 0 Å². The van der Waals surface area contributed by atoms with Crippen LogP contribution in [0.1, 0.15) is 13.8 Å². The molecule has 2 rings (SSSR count). The van der Waals surface area contributed by atoms with Crippen LogP contribution in [0.25, 0.3) is 0 Å². The maximum Gasteiger partial charge on any atom is 0.280 e. The van der Waals surface area contributed by atoms with Crippen molar-refractivity contribution in [1.29, 1.82) is 0 Å². The summed E-state index contributed by atoms with van der Waals surface area (Å²) in [5.41, 5.74) is 0.541. The SMILES string of the molecule is CC(C)C(CNc1cn[nH]c(=O)c1Br)N1CCN(C)CC1. The van der Waals surface area contributed by atoms with Crippen molar-refractivity contribution in [3.8, 4) is 0 Å². The molecule has 0 amide bonds. The van der Waals surface area contributed by atoms with E-state index in [2.05, 4.69) is 62.1 Å². The Hall–Kier alpha value is -0.920. The zero-order chi connectivity index (χ0) is 15.4. The van der Waals surface area contributed by atoms with E-state index in [-0.39, 0.29) is 5.56 Å². The third kappa shape index (κ3) is 4.28. The smallest absolute Gasteiger partial charge is 0.280 e. The molecule has 2 heterocycles. The predicted octanol–water partition coefficient (Wildman–Crippen LogP) is 1.22. The Kier molecular flexibility index (Phi) is 5.78. The quantitative estimate of drug-likeness (QED) is 0.829. The lowest BCUT2D eigenvalue weighted by molar-refractivity contribution is 0.0944. The van der Waals surface area contributed by atoms with Crippen LogP contribution >= 0.6 is 15.9 Å². The Balaban J connectivity index is 2.00. The van der Waals surface area contributed by atoms with E-state index in [9.17, 15) is 4.79 Å². The molecule has 6 nitrogen and oxygen atoms in total. The van der Waals surface area contributed by atoms with Crippen molar-refractivity contribution in [2.24, 2.45) is 5.92 Å². The average molecular weight is 358 g/mol. The van der Waals surface area contributed by atoms with Crippen molar-refractivity contribution < 1.29 is 0 Å². The first kappa shape index (κ1) is 16.5. The minimum absolute atomic E-state index is 0.208. The van der Waals surface area contributed by atoms with Crippen LogP contribution in [0.4, 0.5) is 5.69 Å². The van der Waals surface area contributed by atoms with Gasteiger partial charge < -0.3 is 10.2 Å². The zero-order valence-electron chi connectivity index (χ0n) is 12.9. The van der Waals surface area contributed by atoms with Crippen molar-refractivity contribution in [1.82, 2.24) is 20.0 Å². The number of nitrogens with zero attached hydrogens (tertiary/aromatic N) is 3. The lowest BCUT2D eigenvalue weighted by Gasteiger charge is -2.40. The molecule has 0 radical (unpaired) electrons. The lowest BCUT2D eigenvalue weighted by Crippen LogP contribution is -2.52. The van der Waals surface area contributed by atoms with Crippen LogP contribution in [0, 0.1) is 5.92 Å². The first-order chi connectivity index (χ1) is 9.99. The highest BCUT2D eigenvalue weighted by Gasteiger charge is 2.25. The number of nitrogens with one attached hydrogen (secondary N) is 2. The molecule has 1 saturated heterocycles. The Morgan fingerprint density at radius 3 is 2.67 bits per heavy atom. The maximum atomic E-state index is 11.5. The van der Waals surface area contributed by atoms with Gasteiger partial charge in [-0.3, -0.25) is 9.69 Å². The summed E-state index contributed by atoms with van der Waals surface area (Å²) in [6, 6.07) is 0.449. The van der Waals surface area contributed by atoms with E-state index in [1.54, 1.807) is 6.20 Å². The summed E-state index contributed by atoms with van der Waals surface area (Å²) in [4.78, 5) is 16.4. The summed E-state index contributed by atoms with van der Waals surface area (Å²) in [5.74, 6) is 0.551. The molecule has 0 spiro atoms. The summed E-state index contributed by atoms with van der Waals surface area (Å²) in [5, 5.41) is 9.61. The number of hydrogen-bond acceptors (Lipinski definition) is 5. The number of rotatable bonds is 5. The lowest BCUT2D eigenvalue weighted by atomic mass is 10.0. The highest BCUT2D eigenvalue weighted by Crippen LogP contribution is 2.18. The number of aromatic nitrogens is 2. The first-order valence-electron chi connectivity index (χ1n) is 7.38. The van der Waals surface area contributed by atoms with Crippen LogP contribution in [0.3, 0.4) is 0 Å². The van der Waals surface area contributed by atoms with Crippen molar-refractivity contribution in [3.05, 3.63) is 21.0 Å². The number of anilines is 1. The molecule has 1 aromatic rings. The second-order valence-electron chi connectivity index (χ2n) is 5.96. The standard InChI is InChI=1S/C14H24BrN5O/c1-10(2)12(20-6-4-19(3)5-7-20)9-16-11-8-17-18-14(21)13(11)15/h8,10,12H,4-7,9H2,1-3H3,(H2,16,18,21). The van der Waals surface area contributed by atoms with Crippen molar-refractivity contribution in [2.75, 3.05) is 45.1 Å². The molecule has 1 atom stereocenters. The Labute approximate surface area is 134 Å². The second-order valence-corrected chi connectivity index (χ2v) is 6.75. The van der Waals surface area contributed by atoms with Gasteiger partial charge in [0.1, 0.15) is 4.47 Å². The molecule has 118 valence electrons. The van der Waals surface area contributed by atoms with Gasteiger partial charge in [0, 0.05) is 38.8 Å². The summed E-state index contributed by atoms with van der Waals surface area (Å²) in [6.07, 6.45) is 1.65. The van der Waals surface area contributed by atoms with E-state index >= 15 is 0 Å². The van der Waals surface area contributed by atoms with Gasteiger partial charge >= 0.3 is 0 Å². The molecule has 7 heteroatoms. The van der Waals surface area contributed by atoms with E-state index in [0.717, 1.165) is 38.4 Å². The van der Waals surface area contributed by atoms with Crippen molar-refractivity contribution in [3.63, 3.8) is 0 Å². The molecular weight excluding hydrogens is 334 g/mol. The van der Waals surface area contributed by atoms with E-state index < -0.39 is 0 Å². The molecule has 21 heavy (non-hydrogen) atoms. The number of H-pyrrole nitrogens is 1. The van der Waals surface area contributed by atoms with Crippen LogP contribution < -0.4 is 10.9 Å². The second kappa shape index (κ2) is 7.38. The monoisotopic (exact) mass is 357 g/mol. The summed E-state index contributed by atoms with van der Waals surface area (Å²) in [6.45, 7) is 9.71. The highest BCUT2D eigenvalue weighted by molar-refractivity contribution is 9.10. The Morgan fingerprint density at radius 1 is 1.38 bits per heavy atom. The Bertz CT molecular complexity index is 510. The minimum atomic E-state index is -0.208. The summed E-state index contributed by atoms with van der Waals surface area (Å²) >= 11 is 3.30. The van der Waals surface area contributed by atoms with Crippen LogP contribution in [0.15, 0.2) is 15.5 Å². The topological polar surface area (TPSA) is 64.3 Å². The molecule has 1 unspecified atom stereocenters. The fraction of sp³-hybridized carbons (Fsp3) is 0.714. The van der Waals surface area contributed by atoms with E-state index in [1.807, 2.05) is 0 Å². The molecule has 0 bridgehead atoms. The third-order valence-corrected chi connectivity index (χ3v) is 4.86. The number of piperazine rings is 1. The summed E-state index contributed by atoms with van der Waals surface area (Å²) in [7, 11) is 2.17. The third-order valence-electron chi connectivity index (χ3n) is 4.07. The van der Waals surface area contributed by atoms with Crippen LogP contribution in [-0.2, 0) is 0 Å². The van der Waals surface area contributed by atoms with Crippen molar-refractivity contribution in [2.45, 2.75) is 19.9 Å². The van der Waals surface area contributed by atoms with Crippen LogP contribution in [0.2, 0.25) is 0 Å². The van der Waals surface area contributed by atoms with Gasteiger partial charge in [0.2, 0.25) is 0 Å². The maximum absolute atomic E-state index is 11.5. The molecule has 0 aromatic carbocycles. The van der Waals surface area contributed by atoms with Crippen LogP contribution in [-0.4, -0.2) is 65.8 Å².